The lowest BCUT2D eigenvalue weighted by molar-refractivity contribution is 0.106. The van der Waals surface area contributed by atoms with Crippen LogP contribution in [0.3, 0.4) is 0 Å². The second-order valence-electron chi connectivity index (χ2n) is 4.53. The SMILES string of the molecule is Cn1cc(N2CCNCC3OCCC32)cn1. The van der Waals surface area contributed by atoms with Gasteiger partial charge in [-0.05, 0) is 6.42 Å². The number of aryl methyl sites for hydroxylation is 1. The minimum Gasteiger partial charge on any atom is -0.375 e. The molecule has 0 amide bonds. The molecule has 0 aromatic carbocycles. The molecule has 0 aliphatic carbocycles. The van der Waals surface area contributed by atoms with Crippen LogP contribution in [0.2, 0.25) is 0 Å². The van der Waals surface area contributed by atoms with Crippen LogP contribution in [-0.4, -0.2) is 48.2 Å². The molecule has 2 atom stereocenters. The van der Waals surface area contributed by atoms with Crippen LogP contribution in [0.25, 0.3) is 0 Å². The van der Waals surface area contributed by atoms with Crippen molar-refractivity contribution in [2.75, 3.05) is 31.1 Å². The van der Waals surface area contributed by atoms with Gasteiger partial charge in [-0.25, -0.2) is 0 Å². The molecule has 0 radical (unpaired) electrons. The van der Waals surface area contributed by atoms with Crippen LogP contribution in [0, 0.1) is 0 Å². The van der Waals surface area contributed by atoms with Crippen molar-refractivity contribution in [2.24, 2.45) is 7.05 Å². The van der Waals surface area contributed by atoms with Crippen molar-refractivity contribution in [1.29, 1.82) is 0 Å². The van der Waals surface area contributed by atoms with Crippen molar-refractivity contribution < 1.29 is 4.74 Å². The van der Waals surface area contributed by atoms with E-state index in [9.17, 15) is 0 Å². The Morgan fingerprint density at radius 1 is 1.56 bits per heavy atom. The van der Waals surface area contributed by atoms with Crippen LogP contribution < -0.4 is 10.2 Å². The zero-order valence-electron chi connectivity index (χ0n) is 9.59. The molecule has 0 bridgehead atoms. The summed E-state index contributed by atoms with van der Waals surface area (Å²) in [5.74, 6) is 0. The molecule has 3 rings (SSSR count). The molecule has 5 heteroatoms. The van der Waals surface area contributed by atoms with E-state index in [0.717, 1.165) is 32.7 Å². The summed E-state index contributed by atoms with van der Waals surface area (Å²) in [5.41, 5.74) is 1.21. The third kappa shape index (κ3) is 1.70. The van der Waals surface area contributed by atoms with Crippen LogP contribution in [0.1, 0.15) is 6.42 Å². The number of rotatable bonds is 1. The second kappa shape index (κ2) is 4.07. The van der Waals surface area contributed by atoms with Gasteiger partial charge in [0.25, 0.3) is 0 Å². The van der Waals surface area contributed by atoms with E-state index in [2.05, 4.69) is 21.5 Å². The van der Waals surface area contributed by atoms with Crippen molar-refractivity contribution >= 4 is 5.69 Å². The Morgan fingerprint density at radius 2 is 2.50 bits per heavy atom. The normalized spacial score (nSPS) is 30.2. The van der Waals surface area contributed by atoms with Crippen molar-refractivity contribution in [3.8, 4) is 0 Å². The first-order chi connectivity index (χ1) is 7.84. The lowest BCUT2D eigenvalue weighted by atomic mass is 10.1. The van der Waals surface area contributed by atoms with Crippen LogP contribution >= 0.6 is 0 Å². The number of ether oxygens (including phenoxy) is 1. The summed E-state index contributed by atoms with van der Waals surface area (Å²) in [6, 6.07) is 0.513. The van der Waals surface area contributed by atoms with E-state index in [4.69, 9.17) is 4.74 Å². The Morgan fingerprint density at radius 3 is 3.31 bits per heavy atom. The smallest absolute Gasteiger partial charge is 0.0903 e. The van der Waals surface area contributed by atoms with Crippen molar-refractivity contribution in [2.45, 2.75) is 18.6 Å². The van der Waals surface area contributed by atoms with E-state index in [-0.39, 0.29) is 0 Å². The number of fused-ring (bicyclic) bond motifs is 1. The minimum absolute atomic E-state index is 0.336. The van der Waals surface area contributed by atoms with Gasteiger partial charge in [0.2, 0.25) is 0 Å². The van der Waals surface area contributed by atoms with E-state index in [0.29, 0.717) is 12.1 Å². The van der Waals surface area contributed by atoms with Crippen molar-refractivity contribution in [3.05, 3.63) is 12.4 Å². The maximum atomic E-state index is 5.76. The Kier molecular flexibility index (Phi) is 2.57. The van der Waals surface area contributed by atoms with Crippen molar-refractivity contribution in [1.82, 2.24) is 15.1 Å². The maximum Gasteiger partial charge on any atom is 0.0903 e. The number of aromatic nitrogens is 2. The molecule has 1 N–H and O–H groups in total. The molecule has 2 aliphatic heterocycles. The number of hydrogen-bond acceptors (Lipinski definition) is 4. The van der Waals surface area contributed by atoms with E-state index in [1.54, 1.807) is 0 Å². The second-order valence-corrected chi connectivity index (χ2v) is 4.53. The van der Waals surface area contributed by atoms with Gasteiger partial charge in [0.1, 0.15) is 0 Å². The monoisotopic (exact) mass is 222 g/mol. The first-order valence-corrected chi connectivity index (χ1v) is 5.92. The highest BCUT2D eigenvalue weighted by Gasteiger charge is 2.35. The number of hydrogen-bond donors (Lipinski definition) is 1. The summed E-state index contributed by atoms with van der Waals surface area (Å²) >= 11 is 0. The van der Waals surface area contributed by atoms with Crippen LogP contribution in [0.5, 0.6) is 0 Å². The molecule has 2 saturated heterocycles. The van der Waals surface area contributed by atoms with E-state index in [1.807, 2.05) is 17.9 Å². The lowest BCUT2D eigenvalue weighted by Crippen LogP contribution is -2.41. The molecule has 88 valence electrons. The van der Waals surface area contributed by atoms with Gasteiger partial charge in [-0.3, -0.25) is 4.68 Å². The zero-order valence-corrected chi connectivity index (χ0v) is 9.59. The van der Waals surface area contributed by atoms with Crippen LogP contribution in [0.15, 0.2) is 12.4 Å². The molecule has 5 nitrogen and oxygen atoms in total. The molecule has 2 unspecified atom stereocenters. The minimum atomic E-state index is 0.336. The first kappa shape index (κ1) is 10.1. The molecule has 16 heavy (non-hydrogen) atoms. The molecular weight excluding hydrogens is 204 g/mol. The van der Waals surface area contributed by atoms with E-state index >= 15 is 0 Å². The van der Waals surface area contributed by atoms with Gasteiger partial charge in [0, 0.05) is 39.5 Å². The topological polar surface area (TPSA) is 42.3 Å². The molecule has 2 aliphatic rings. The average molecular weight is 222 g/mol. The van der Waals surface area contributed by atoms with Gasteiger partial charge in [-0.1, -0.05) is 0 Å². The Labute approximate surface area is 95.4 Å². The van der Waals surface area contributed by atoms with Crippen molar-refractivity contribution in [3.63, 3.8) is 0 Å². The number of anilines is 1. The fraction of sp³-hybridized carbons (Fsp3) is 0.727. The summed E-state index contributed by atoms with van der Waals surface area (Å²) < 4.78 is 7.62. The maximum absolute atomic E-state index is 5.76. The van der Waals surface area contributed by atoms with Gasteiger partial charge in [0.05, 0.1) is 24.0 Å². The average Bonchev–Trinajstić information content (AvgIpc) is 2.85. The van der Waals surface area contributed by atoms with E-state index in [1.165, 1.54) is 5.69 Å². The number of nitrogens with one attached hydrogen (secondary N) is 1. The van der Waals surface area contributed by atoms with Gasteiger partial charge in [0.15, 0.2) is 0 Å². The highest BCUT2D eigenvalue weighted by molar-refractivity contribution is 5.44. The molecule has 0 spiro atoms. The zero-order chi connectivity index (χ0) is 11.0. The molecule has 0 saturated carbocycles. The fourth-order valence-electron chi connectivity index (χ4n) is 2.68. The molecule has 2 fully saturated rings. The molecule has 1 aromatic rings. The highest BCUT2D eigenvalue weighted by atomic mass is 16.5. The summed E-state index contributed by atoms with van der Waals surface area (Å²) in [6.45, 7) is 3.91. The number of nitrogens with zero attached hydrogens (tertiary/aromatic N) is 3. The summed E-state index contributed by atoms with van der Waals surface area (Å²) in [7, 11) is 1.96. The summed E-state index contributed by atoms with van der Waals surface area (Å²) in [5, 5.41) is 7.68. The lowest BCUT2D eigenvalue weighted by Gasteiger charge is -2.29. The predicted molar refractivity (Wildman–Crippen MR) is 61.6 cm³/mol. The van der Waals surface area contributed by atoms with E-state index < -0.39 is 0 Å². The molecular formula is C11H18N4O. The largest absolute Gasteiger partial charge is 0.375 e. The Balaban J connectivity index is 1.86. The predicted octanol–water partition coefficient (Wildman–Crippen LogP) is -0.0128. The Bertz CT molecular complexity index is 365. The fourth-order valence-corrected chi connectivity index (χ4v) is 2.68. The molecule has 1 aromatic heterocycles. The van der Waals surface area contributed by atoms with Gasteiger partial charge in [-0.2, -0.15) is 5.10 Å². The summed E-state index contributed by atoms with van der Waals surface area (Å²) in [6.07, 6.45) is 5.49. The molecule has 3 heterocycles. The van der Waals surface area contributed by atoms with Crippen LogP contribution in [0.4, 0.5) is 5.69 Å². The quantitative estimate of drug-likeness (QED) is 0.725. The van der Waals surface area contributed by atoms with Gasteiger partial charge >= 0.3 is 0 Å². The van der Waals surface area contributed by atoms with Crippen LogP contribution in [-0.2, 0) is 11.8 Å². The standard InChI is InChI=1S/C11H18N4O/c1-14-8-9(6-13-14)15-4-3-12-7-11-10(15)2-5-16-11/h6,8,10-12H,2-5,7H2,1H3. The third-order valence-corrected chi connectivity index (χ3v) is 3.47. The van der Waals surface area contributed by atoms with Gasteiger partial charge < -0.3 is 15.0 Å². The third-order valence-electron chi connectivity index (χ3n) is 3.47. The van der Waals surface area contributed by atoms with Gasteiger partial charge in [-0.15, -0.1) is 0 Å². The highest BCUT2D eigenvalue weighted by Crippen LogP contribution is 2.26. The Hall–Kier alpha value is -1.07. The first-order valence-electron chi connectivity index (χ1n) is 5.92. The summed E-state index contributed by atoms with van der Waals surface area (Å²) in [4.78, 5) is 2.44.